The Kier molecular flexibility index (Phi) is 5.33. The van der Waals surface area contributed by atoms with E-state index in [1.165, 1.54) is 5.56 Å². The maximum Gasteiger partial charge on any atom is 0.191 e. The molecule has 0 aliphatic heterocycles. The highest BCUT2D eigenvalue weighted by Gasteiger charge is 2.15. The van der Waals surface area contributed by atoms with E-state index in [-0.39, 0.29) is 0 Å². The Balaban J connectivity index is 1.41. The molecule has 3 aromatic heterocycles. The lowest BCUT2D eigenvalue weighted by Gasteiger charge is -2.02. The molecular formula is C19H17ClN4OS2. The number of nitrogens with zero attached hydrogens (tertiary/aromatic N) is 4. The number of thioether (sulfide) groups is 1. The van der Waals surface area contributed by atoms with Gasteiger partial charge in [-0.2, -0.15) is 0 Å². The summed E-state index contributed by atoms with van der Waals surface area (Å²) < 4.78 is 7.36. The third-order valence-electron chi connectivity index (χ3n) is 4.15. The van der Waals surface area contributed by atoms with Crippen LogP contribution in [0.1, 0.15) is 22.0 Å². The molecule has 0 saturated heterocycles. The van der Waals surface area contributed by atoms with E-state index in [1.807, 2.05) is 48.9 Å². The summed E-state index contributed by atoms with van der Waals surface area (Å²) in [6.45, 7) is 1.92. The van der Waals surface area contributed by atoms with Crippen LogP contribution in [0.2, 0.25) is 5.02 Å². The van der Waals surface area contributed by atoms with Crippen molar-refractivity contribution in [1.82, 2.24) is 19.7 Å². The van der Waals surface area contributed by atoms with Crippen LogP contribution in [0.25, 0.3) is 11.4 Å². The SMILES string of the molecule is Cc1occc1-c1nnc(SCc2csc(Cc3ccc(Cl)cc3)n2)n1C. The number of aryl methyl sites for hydroxylation is 1. The van der Waals surface area contributed by atoms with Gasteiger partial charge in [-0.25, -0.2) is 4.98 Å². The molecular weight excluding hydrogens is 400 g/mol. The molecule has 0 unspecified atom stereocenters. The van der Waals surface area contributed by atoms with Crippen molar-refractivity contribution in [3.63, 3.8) is 0 Å². The lowest BCUT2D eigenvalue weighted by molar-refractivity contribution is 0.534. The molecule has 5 nitrogen and oxygen atoms in total. The number of furan rings is 1. The van der Waals surface area contributed by atoms with Crippen LogP contribution in [0.15, 0.2) is 51.5 Å². The van der Waals surface area contributed by atoms with Crippen molar-refractivity contribution >= 4 is 34.7 Å². The van der Waals surface area contributed by atoms with Crippen molar-refractivity contribution in [2.45, 2.75) is 24.3 Å². The second-order valence-corrected chi connectivity index (χ2v) is 8.40. The Morgan fingerprint density at radius 2 is 2.00 bits per heavy atom. The minimum Gasteiger partial charge on any atom is -0.469 e. The lowest BCUT2D eigenvalue weighted by atomic mass is 10.2. The molecule has 4 rings (SSSR count). The van der Waals surface area contributed by atoms with Crippen LogP contribution in [-0.2, 0) is 19.2 Å². The van der Waals surface area contributed by atoms with Crippen LogP contribution in [-0.4, -0.2) is 19.7 Å². The molecule has 0 fully saturated rings. The Hall–Kier alpha value is -2.09. The molecule has 0 amide bonds. The second kappa shape index (κ2) is 7.88. The summed E-state index contributed by atoms with van der Waals surface area (Å²) in [7, 11) is 1.97. The molecule has 0 bridgehead atoms. The summed E-state index contributed by atoms with van der Waals surface area (Å²) in [5, 5.41) is 13.4. The van der Waals surface area contributed by atoms with Gasteiger partial charge >= 0.3 is 0 Å². The van der Waals surface area contributed by atoms with Gasteiger partial charge in [0.25, 0.3) is 0 Å². The van der Waals surface area contributed by atoms with Crippen LogP contribution in [0, 0.1) is 6.92 Å². The third-order valence-corrected chi connectivity index (χ3v) is 6.36. The third kappa shape index (κ3) is 4.10. The molecule has 8 heteroatoms. The number of halogens is 1. The van der Waals surface area contributed by atoms with Gasteiger partial charge in [-0.15, -0.1) is 21.5 Å². The lowest BCUT2D eigenvalue weighted by Crippen LogP contribution is -1.95. The molecule has 1 aromatic carbocycles. The standard InChI is InChI=1S/C19H17ClN4OS2/c1-12-16(7-8-25-12)18-22-23-19(24(18)2)27-11-15-10-26-17(21-15)9-13-3-5-14(20)6-4-13/h3-8,10H,9,11H2,1-2H3. The topological polar surface area (TPSA) is 56.7 Å². The van der Waals surface area contributed by atoms with Crippen LogP contribution in [0.5, 0.6) is 0 Å². The fourth-order valence-corrected chi connectivity index (χ4v) is 4.57. The Morgan fingerprint density at radius 3 is 2.74 bits per heavy atom. The van der Waals surface area contributed by atoms with Crippen molar-refractivity contribution < 1.29 is 4.42 Å². The number of benzene rings is 1. The van der Waals surface area contributed by atoms with Gasteiger partial charge in [0.15, 0.2) is 11.0 Å². The number of hydrogen-bond donors (Lipinski definition) is 0. The zero-order chi connectivity index (χ0) is 18.8. The molecule has 27 heavy (non-hydrogen) atoms. The van der Waals surface area contributed by atoms with Crippen LogP contribution in [0.4, 0.5) is 0 Å². The van der Waals surface area contributed by atoms with Gasteiger partial charge in [-0.05, 0) is 30.7 Å². The normalized spacial score (nSPS) is 11.2. The summed E-state index contributed by atoms with van der Waals surface area (Å²) in [5.74, 6) is 2.41. The van der Waals surface area contributed by atoms with Crippen molar-refractivity contribution in [3.8, 4) is 11.4 Å². The van der Waals surface area contributed by atoms with Gasteiger partial charge in [0.2, 0.25) is 0 Å². The molecule has 0 radical (unpaired) electrons. The number of aromatic nitrogens is 4. The average Bonchev–Trinajstić information content (AvgIpc) is 3.36. The first kappa shape index (κ1) is 18.3. The zero-order valence-corrected chi connectivity index (χ0v) is 17.2. The molecule has 138 valence electrons. The summed E-state index contributed by atoms with van der Waals surface area (Å²) in [5.41, 5.74) is 3.23. The van der Waals surface area contributed by atoms with E-state index in [0.29, 0.717) is 0 Å². The highest BCUT2D eigenvalue weighted by atomic mass is 35.5. The van der Waals surface area contributed by atoms with Crippen molar-refractivity contribution in [3.05, 3.63) is 69.0 Å². The molecule has 0 spiro atoms. The van der Waals surface area contributed by atoms with Crippen LogP contribution < -0.4 is 0 Å². The minimum absolute atomic E-state index is 0.753. The monoisotopic (exact) mass is 416 g/mol. The summed E-state index contributed by atoms with van der Waals surface area (Å²) in [4.78, 5) is 4.74. The minimum atomic E-state index is 0.753. The first-order valence-electron chi connectivity index (χ1n) is 8.34. The smallest absolute Gasteiger partial charge is 0.191 e. The van der Waals surface area contributed by atoms with Gasteiger partial charge in [0, 0.05) is 29.6 Å². The van der Waals surface area contributed by atoms with Gasteiger partial charge in [0.1, 0.15) is 5.76 Å². The largest absolute Gasteiger partial charge is 0.469 e. The van der Waals surface area contributed by atoms with Crippen LogP contribution >= 0.6 is 34.7 Å². The Labute approximate surface area is 170 Å². The first-order valence-corrected chi connectivity index (χ1v) is 10.6. The van der Waals surface area contributed by atoms with E-state index >= 15 is 0 Å². The first-order chi connectivity index (χ1) is 13.1. The van der Waals surface area contributed by atoms with Gasteiger partial charge in [-0.3, -0.25) is 0 Å². The predicted octanol–water partition coefficient (Wildman–Crippen LogP) is 5.38. The number of rotatable bonds is 6. The van der Waals surface area contributed by atoms with E-state index in [2.05, 4.69) is 15.6 Å². The van der Waals surface area contributed by atoms with Crippen molar-refractivity contribution in [2.75, 3.05) is 0 Å². The molecule has 0 N–H and O–H groups in total. The zero-order valence-electron chi connectivity index (χ0n) is 14.8. The van der Waals surface area contributed by atoms with Gasteiger partial charge in [0.05, 0.1) is 22.5 Å². The number of hydrogen-bond acceptors (Lipinski definition) is 6. The fourth-order valence-electron chi connectivity index (χ4n) is 2.70. The van der Waals surface area contributed by atoms with Gasteiger partial charge in [-0.1, -0.05) is 35.5 Å². The quantitative estimate of drug-likeness (QED) is 0.395. The van der Waals surface area contributed by atoms with Crippen molar-refractivity contribution in [2.24, 2.45) is 7.05 Å². The average molecular weight is 417 g/mol. The van der Waals surface area contributed by atoms with E-state index in [9.17, 15) is 0 Å². The Bertz CT molecular complexity index is 1050. The molecule has 0 saturated carbocycles. The number of thiazole rings is 1. The maximum atomic E-state index is 5.94. The Morgan fingerprint density at radius 1 is 1.19 bits per heavy atom. The molecule has 0 aliphatic rings. The van der Waals surface area contributed by atoms with E-state index in [4.69, 9.17) is 21.0 Å². The maximum absolute atomic E-state index is 5.94. The summed E-state index contributed by atoms with van der Waals surface area (Å²) in [6, 6.07) is 9.81. The molecule has 3 heterocycles. The van der Waals surface area contributed by atoms with Crippen LogP contribution in [0.3, 0.4) is 0 Å². The summed E-state index contributed by atoms with van der Waals surface area (Å²) >= 11 is 9.25. The highest BCUT2D eigenvalue weighted by molar-refractivity contribution is 7.98. The molecule has 0 aliphatic carbocycles. The fraction of sp³-hybridized carbons (Fsp3) is 0.211. The van der Waals surface area contributed by atoms with E-state index < -0.39 is 0 Å². The van der Waals surface area contributed by atoms with Crippen molar-refractivity contribution in [1.29, 1.82) is 0 Å². The molecule has 0 atom stereocenters. The summed E-state index contributed by atoms with van der Waals surface area (Å²) in [6.07, 6.45) is 2.49. The highest BCUT2D eigenvalue weighted by Crippen LogP contribution is 2.28. The second-order valence-electron chi connectivity index (χ2n) is 6.08. The van der Waals surface area contributed by atoms with Gasteiger partial charge < -0.3 is 8.98 Å². The van der Waals surface area contributed by atoms with E-state index in [1.54, 1.807) is 29.4 Å². The predicted molar refractivity (Wildman–Crippen MR) is 109 cm³/mol. The van der Waals surface area contributed by atoms with E-state index in [0.717, 1.165) is 50.2 Å². The molecule has 4 aromatic rings.